The number of nitrogens with zero attached hydrogens (tertiary/aromatic N) is 2. The number of hydrogen-bond acceptors (Lipinski definition) is 3. The molecule has 1 heterocycles. The maximum absolute atomic E-state index is 12.9. The van der Waals surface area contributed by atoms with Crippen molar-refractivity contribution in [3.05, 3.63) is 0 Å². The molecule has 0 bridgehead atoms. The number of rotatable bonds is 5. The summed E-state index contributed by atoms with van der Waals surface area (Å²) in [6.45, 7) is 1.62. The SMILES string of the molecule is CC(N)CC(=O)N1CCN(CC(F)(F)C(F)F)CC1.Cl.Cl. The Hall–Kier alpha value is -0.310. The van der Waals surface area contributed by atoms with E-state index >= 15 is 0 Å². The van der Waals surface area contributed by atoms with Gasteiger partial charge in [0.1, 0.15) is 0 Å². The fourth-order valence-electron chi connectivity index (χ4n) is 1.93. The highest BCUT2D eigenvalue weighted by Crippen LogP contribution is 2.24. The van der Waals surface area contributed by atoms with Gasteiger partial charge in [0, 0.05) is 38.6 Å². The number of carbonyl (C=O) groups is 1. The van der Waals surface area contributed by atoms with Crippen LogP contribution in [0.5, 0.6) is 0 Å². The number of carbonyl (C=O) groups excluding carboxylic acids is 1. The van der Waals surface area contributed by atoms with Crippen LogP contribution in [0, 0.1) is 0 Å². The van der Waals surface area contributed by atoms with E-state index in [1.807, 2.05) is 0 Å². The van der Waals surface area contributed by atoms with Crippen LogP contribution in [0.25, 0.3) is 0 Å². The molecule has 1 aliphatic heterocycles. The third kappa shape index (κ3) is 7.49. The minimum absolute atomic E-state index is 0. The zero-order valence-corrected chi connectivity index (χ0v) is 13.2. The zero-order valence-electron chi connectivity index (χ0n) is 11.6. The first-order valence-corrected chi connectivity index (χ1v) is 6.14. The smallest absolute Gasteiger partial charge is 0.319 e. The van der Waals surface area contributed by atoms with Crippen LogP contribution < -0.4 is 5.73 Å². The summed E-state index contributed by atoms with van der Waals surface area (Å²) in [4.78, 5) is 14.4. The van der Waals surface area contributed by atoms with E-state index in [0.717, 1.165) is 0 Å². The van der Waals surface area contributed by atoms with Crippen LogP contribution in [0.4, 0.5) is 17.6 Å². The summed E-state index contributed by atoms with van der Waals surface area (Å²) in [5, 5.41) is 0. The molecule has 0 radical (unpaired) electrons. The van der Waals surface area contributed by atoms with Gasteiger partial charge in [0.05, 0.1) is 6.54 Å². The minimum atomic E-state index is -4.00. The molecule has 128 valence electrons. The molecule has 1 amide bonds. The number of halogens is 6. The molecule has 4 nitrogen and oxygen atoms in total. The minimum Gasteiger partial charge on any atom is -0.340 e. The number of nitrogens with two attached hydrogens (primary N) is 1. The van der Waals surface area contributed by atoms with E-state index in [4.69, 9.17) is 5.73 Å². The van der Waals surface area contributed by atoms with E-state index in [2.05, 4.69) is 0 Å². The maximum atomic E-state index is 12.9. The average molecular weight is 358 g/mol. The van der Waals surface area contributed by atoms with Crippen LogP contribution in [0.3, 0.4) is 0 Å². The van der Waals surface area contributed by atoms with Crippen molar-refractivity contribution in [2.24, 2.45) is 5.73 Å². The van der Waals surface area contributed by atoms with Crippen LogP contribution in [0.1, 0.15) is 13.3 Å². The highest BCUT2D eigenvalue weighted by Gasteiger charge is 2.42. The molecule has 0 aromatic carbocycles. The standard InChI is InChI=1S/C11H19F4N3O.2ClH/c1-8(16)6-9(19)18-4-2-17(3-5-18)7-11(14,15)10(12)13;;/h8,10H,2-7,16H2,1H3;2*1H. The molecule has 0 saturated carbocycles. The lowest BCUT2D eigenvalue weighted by molar-refractivity contribution is -0.148. The Bertz CT molecular complexity index is 314. The predicted molar refractivity (Wildman–Crippen MR) is 76.7 cm³/mol. The van der Waals surface area contributed by atoms with Crippen molar-refractivity contribution in [3.63, 3.8) is 0 Å². The van der Waals surface area contributed by atoms with Gasteiger partial charge in [0.15, 0.2) is 0 Å². The summed E-state index contributed by atoms with van der Waals surface area (Å²) in [6, 6.07) is -0.256. The molecule has 1 saturated heterocycles. The number of alkyl halides is 4. The summed E-state index contributed by atoms with van der Waals surface area (Å²) >= 11 is 0. The Morgan fingerprint density at radius 3 is 2.05 bits per heavy atom. The first-order chi connectivity index (χ1) is 8.72. The van der Waals surface area contributed by atoms with Gasteiger partial charge < -0.3 is 10.6 Å². The average Bonchev–Trinajstić information content (AvgIpc) is 2.28. The maximum Gasteiger partial charge on any atom is 0.319 e. The Kier molecular flexibility index (Phi) is 10.6. The van der Waals surface area contributed by atoms with Crippen molar-refractivity contribution in [2.75, 3.05) is 32.7 Å². The molecule has 1 atom stereocenters. The van der Waals surface area contributed by atoms with Gasteiger partial charge >= 0.3 is 12.3 Å². The molecule has 1 fully saturated rings. The van der Waals surface area contributed by atoms with E-state index < -0.39 is 18.9 Å². The van der Waals surface area contributed by atoms with Crippen molar-refractivity contribution < 1.29 is 22.4 Å². The topological polar surface area (TPSA) is 49.6 Å². The molecule has 1 aliphatic rings. The first-order valence-electron chi connectivity index (χ1n) is 6.14. The van der Waals surface area contributed by atoms with Crippen molar-refractivity contribution in [1.82, 2.24) is 9.80 Å². The van der Waals surface area contributed by atoms with E-state index in [0.29, 0.717) is 0 Å². The molecule has 0 aromatic heterocycles. The first kappa shape index (κ1) is 23.0. The summed E-state index contributed by atoms with van der Waals surface area (Å²) in [5.74, 6) is -4.13. The van der Waals surface area contributed by atoms with E-state index in [9.17, 15) is 22.4 Å². The van der Waals surface area contributed by atoms with E-state index in [-0.39, 0.29) is 69.4 Å². The second kappa shape index (κ2) is 9.66. The Morgan fingerprint density at radius 1 is 1.19 bits per heavy atom. The third-order valence-corrected chi connectivity index (χ3v) is 2.98. The lowest BCUT2D eigenvalue weighted by Gasteiger charge is -2.36. The van der Waals surface area contributed by atoms with Crippen LogP contribution in [0.2, 0.25) is 0 Å². The monoisotopic (exact) mass is 357 g/mol. The summed E-state index contributed by atoms with van der Waals surface area (Å²) in [6.07, 6.45) is -3.46. The van der Waals surface area contributed by atoms with Crippen molar-refractivity contribution in [3.8, 4) is 0 Å². The quantitative estimate of drug-likeness (QED) is 0.760. The van der Waals surface area contributed by atoms with Gasteiger partial charge in [-0.25, -0.2) is 8.78 Å². The van der Waals surface area contributed by atoms with Gasteiger partial charge in [-0.3, -0.25) is 9.69 Å². The van der Waals surface area contributed by atoms with E-state index in [1.54, 1.807) is 6.92 Å². The summed E-state index contributed by atoms with van der Waals surface area (Å²) < 4.78 is 49.9. The van der Waals surface area contributed by atoms with Crippen molar-refractivity contribution in [2.45, 2.75) is 31.7 Å². The highest BCUT2D eigenvalue weighted by molar-refractivity contribution is 5.85. The predicted octanol–water partition coefficient (Wildman–Crippen LogP) is 1.61. The fourth-order valence-corrected chi connectivity index (χ4v) is 1.93. The van der Waals surface area contributed by atoms with Crippen molar-refractivity contribution >= 4 is 30.7 Å². The summed E-state index contributed by atoms with van der Waals surface area (Å²) in [7, 11) is 0. The van der Waals surface area contributed by atoms with Gasteiger partial charge in [-0.05, 0) is 6.92 Å². The highest BCUT2D eigenvalue weighted by atomic mass is 35.5. The fraction of sp³-hybridized carbons (Fsp3) is 0.909. The number of hydrogen-bond donors (Lipinski definition) is 1. The molecule has 0 aromatic rings. The van der Waals surface area contributed by atoms with Gasteiger partial charge in [-0.15, -0.1) is 24.8 Å². The van der Waals surface area contributed by atoms with Gasteiger partial charge in [-0.2, -0.15) is 8.78 Å². The summed E-state index contributed by atoms with van der Waals surface area (Å²) in [5.41, 5.74) is 5.50. The van der Waals surface area contributed by atoms with Crippen LogP contribution >= 0.6 is 24.8 Å². The molecule has 21 heavy (non-hydrogen) atoms. The zero-order chi connectivity index (χ0) is 14.6. The molecule has 0 aliphatic carbocycles. The van der Waals surface area contributed by atoms with Gasteiger partial charge in [-0.1, -0.05) is 0 Å². The lowest BCUT2D eigenvalue weighted by Crippen LogP contribution is -2.53. The van der Waals surface area contributed by atoms with Gasteiger partial charge in [0.25, 0.3) is 0 Å². The Morgan fingerprint density at radius 2 is 1.67 bits per heavy atom. The molecule has 1 unspecified atom stereocenters. The largest absolute Gasteiger partial charge is 0.340 e. The van der Waals surface area contributed by atoms with Crippen LogP contribution in [-0.2, 0) is 4.79 Å². The second-order valence-electron chi connectivity index (χ2n) is 4.90. The Balaban J connectivity index is 0. The molecule has 1 rings (SSSR count). The van der Waals surface area contributed by atoms with Crippen molar-refractivity contribution in [1.29, 1.82) is 0 Å². The van der Waals surface area contributed by atoms with Crippen LogP contribution in [0.15, 0.2) is 0 Å². The lowest BCUT2D eigenvalue weighted by atomic mass is 10.2. The molecule has 0 spiro atoms. The molecule has 10 heteroatoms. The second-order valence-corrected chi connectivity index (χ2v) is 4.90. The van der Waals surface area contributed by atoms with E-state index in [1.165, 1.54) is 9.80 Å². The normalized spacial score (nSPS) is 18.0. The van der Waals surface area contributed by atoms with Gasteiger partial charge in [0.2, 0.25) is 5.91 Å². The molecule has 2 N–H and O–H groups in total. The van der Waals surface area contributed by atoms with Crippen LogP contribution in [-0.4, -0.2) is 66.8 Å². The number of amides is 1. The molecular formula is C11H21Cl2F4N3O. The molecular weight excluding hydrogens is 337 g/mol. The third-order valence-electron chi connectivity index (χ3n) is 2.98. The Labute approximate surface area is 133 Å². The number of piperazine rings is 1.